The number of carbonyl (C=O) groups is 2. The monoisotopic (exact) mass is 494 g/mol. The topological polar surface area (TPSA) is 88.1 Å². The highest BCUT2D eigenvalue weighted by atomic mass is 19.4. The molecule has 0 saturated heterocycles. The SMILES string of the molecule is CCOC(Cc1ccc(OCCN(CC2CC2)C(=O)Nc2cccc(C(F)(F)F)c2)cc1)C(=O)O. The molecular formula is C25H29F3N2O5. The standard InChI is InChI=1S/C25H29F3N2O5/c1-2-34-22(23(31)32)14-17-8-10-21(11-9-17)35-13-12-30(16-18-6-7-18)24(33)29-20-5-3-4-19(15-20)25(26,27)28/h3-5,8-11,15,18,22H,2,6-7,12-14,16H2,1H3,(H,29,33)(H,31,32). The third-order valence-electron chi connectivity index (χ3n) is 5.52. The molecule has 0 spiro atoms. The number of benzene rings is 2. The van der Waals surface area contributed by atoms with Crippen LogP contribution in [-0.2, 0) is 22.1 Å². The van der Waals surface area contributed by atoms with Crippen LogP contribution < -0.4 is 10.1 Å². The lowest BCUT2D eigenvalue weighted by Crippen LogP contribution is -2.39. The van der Waals surface area contributed by atoms with E-state index in [1.165, 1.54) is 12.1 Å². The van der Waals surface area contributed by atoms with Gasteiger partial charge in [-0.15, -0.1) is 0 Å². The van der Waals surface area contributed by atoms with Gasteiger partial charge in [-0.05, 0) is 61.6 Å². The third kappa shape index (κ3) is 8.47. The van der Waals surface area contributed by atoms with Gasteiger partial charge in [-0.2, -0.15) is 13.2 Å². The minimum Gasteiger partial charge on any atom is -0.492 e. The number of amides is 2. The summed E-state index contributed by atoms with van der Waals surface area (Å²) in [6, 6.07) is 11.0. The summed E-state index contributed by atoms with van der Waals surface area (Å²) in [4.78, 5) is 25.5. The van der Waals surface area contributed by atoms with Gasteiger partial charge in [0, 0.05) is 25.3 Å². The fraction of sp³-hybridized carbons (Fsp3) is 0.440. The first-order chi connectivity index (χ1) is 16.7. The molecule has 2 amide bonds. The lowest BCUT2D eigenvalue weighted by molar-refractivity contribution is -0.150. The second-order valence-corrected chi connectivity index (χ2v) is 8.38. The minimum absolute atomic E-state index is 0.0776. The molecule has 0 aliphatic heterocycles. The van der Waals surface area contributed by atoms with Gasteiger partial charge < -0.3 is 24.8 Å². The van der Waals surface area contributed by atoms with Crippen LogP contribution in [0.25, 0.3) is 0 Å². The van der Waals surface area contributed by atoms with Crippen molar-refractivity contribution in [2.75, 3.05) is 31.6 Å². The van der Waals surface area contributed by atoms with Crippen LogP contribution in [0.5, 0.6) is 5.75 Å². The first kappa shape index (κ1) is 26.3. The van der Waals surface area contributed by atoms with Gasteiger partial charge in [-0.3, -0.25) is 0 Å². The molecular weight excluding hydrogens is 465 g/mol. The normalized spacial score (nSPS) is 14.3. The second kappa shape index (κ2) is 11.9. The van der Waals surface area contributed by atoms with E-state index in [9.17, 15) is 27.9 Å². The molecule has 2 aromatic rings. The Balaban J connectivity index is 1.54. The maximum atomic E-state index is 13.0. The number of hydrogen-bond acceptors (Lipinski definition) is 4. The molecule has 1 aliphatic rings. The highest BCUT2D eigenvalue weighted by Crippen LogP contribution is 2.31. The zero-order chi connectivity index (χ0) is 25.4. The molecule has 2 N–H and O–H groups in total. The fourth-order valence-corrected chi connectivity index (χ4v) is 3.49. The number of urea groups is 1. The predicted octanol–water partition coefficient (Wildman–Crippen LogP) is 5.06. The van der Waals surface area contributed by atoms with E-state index in [1.807, 2.05) is 0 Å². The third-order valence-corrected chi connectivity index (χ3v) is 5.52. The van der Waals surface area contributed by atoms with Gasteiger partial charge in [0.15, 0.2) is 6.10 Å². The van der Waals surface area contributed by atoms with Crippen molar-refractivity contribution < 1.29 is 37.3 Å². The number of aliphatic carboxylic acids is 1. The summed E-state index contributed by atoms with van der Waals surface area (Å²) in [7, 11) is 0. The van der Waals surface area contributed by atoms with E-state index < -0.39 is 29.8 Å². The summed E-state index contributed by atoms with van der Waals surface area (Å²) < 4.78 is 49.8. The molecule has 2 aromatic carbocycles. The van der Waals surface area contributed by atoms with E-state index in [1.54, 1.807) is 36.1 Å². The number of hydrogen-bond donors (Lipinski definition) is 2. The molecule has 0 bridgehead atoms. The van der Waals surface area contributed by atoms with Crippen molar-refractivity contribution in [3.8, 4) is 5.75 Å². The van der Waals surface area contributed by atoms with Crippen LogP contribution >= 0.6 is 0 Å². The Hall–Kier alpha value is -3.27. The highest BCUT2D eigenvalue weighted by Gasteiger charge is 2.31. The molecule has 0 heterocycles. The van der Waals surface area contributed by atoms with Crippen molar-refractivity contribution in [1.82, 2.24) is 4.90 Å². The van der Waals surface area contributed by atoms with Crippen LogP contribution in [-0.4, -0.2) is 54.4 Å². The van der Waals surface area contributed by atoms with Crippen molar-refractivity contribution in [3.63, 3.8) is 0 Å². The maximum Gasteiger partial charge on any atom is 0.416 e. The molecule has 0 radical (unpaired) electrons. The van der Waals surface area contributed by atoms with Gasteiger partial charge in [0.05, 0.1) is 12.1 Å². The number of rotatable bonds is 12. The molecule has 1 fully saturated rings. The molecule has 3 rings (SSSR count). The summed E-state index contributed by atoms with van der Waals surface area (Å²) in [5, 5.41) is 11.8. The van der Waals surface area contributed by atoms with Crippen LogP contribution in [0.2, 0.25) is 0 Å². The smallest absolute Gasteiger partial charge is 0.416 e. The fourth-order valence-electron chi connectivity index (χ4n) is 3.49. The first-order valence-electron chi connectivity index (χ1n) is 11.4. The second-order valence-electron chi connectivity index (χ2n) is 8.38. The molecule has 10 heteroatoms. The van der Waals surface area contributed by atoms with Crippen LogP contribution in [0.4, 0.5) is 23.7 Å². The number of alkyl halides is 3. The zero-order valence-electron chi connectivity index (χ0n) is 19.4. The van der Waals surface area contributed by atoms with Gasteiger partial charge >= 0.3 is 18.2 Å². The Morgan fingerprint density at radius 1 is 1.17 bits per heavy atom. The zero-order valence-corrected chi connectivity index (χ0v) is 19.4. The van der Waals surface area contributed by atoms with E-state index in [0.29, 0.717) is 24.8 Å². The largest absolute Gasteiger partial charge is 0.492 e. The molecule has 7 nitrogen and oxygen atoms in total. The van der Waals surface area contributed by atoms with E-state index in [-0.39, 0.29) is 25.3 Å². The van der Waals surface area contributed by atoms with E-state index in [0.717, 1.165) is 30.5 Å². The molecule has 190 valence electrons. The lowest BCUT2D eigenvalue weighted by Gasteiger charge is -2.23. The Bertz CT molecular complexity index is 993. The Morgan fingerprint density at radius 2 is 1.89 bits per heavy atom. The molecule has 1 unspecified atom stereocenters. The van der Waals surface area contributed by atoms with Gasteiger partial charge in [-0.1, -0.05) is 18.2 Å². The number of anilines is 1. The predicted molar refractivity (Wildman–Crippen MR) is 123 cm³/mol. The molecule has 1 saturated carbocycles. The van der Waals surface area contributed by atoms with Crippen molar-refractivity contribution in [3.05, 3.63) is 59.7 Å². The van der Waals surface area contributed by atoms with E-state index >= 15 is 0 Å². The summed E-state index contributed by atoms with van der Waals surface area (Å²) in [5.74, 6) is -0.0814. The number of carboxylic acids is 1. The molecule has 1 aliphatic carbocycles. The van der Waals surface area contributed by atoms with Gasteiger partial charge in [0.1, 0.15) is 12.4 Å². The number of nitrogens with one attached hydrogen (secondary N) is 1. The lowest BCUT2D eigenvalue weighted by atomic mass is 10.1. The van der Waals surface area contributed by atoms with E-state index in [2.05, 4.69) is 5.32 Å². The average Bonchev–Trinajstić information content (AvgIpc) is 3.63. The summed E-state index contributed by atoms with van der Waals surface area (Å²) in [6.45, 7) is 2.99. The maximum absolute atomic E-state index is 13.0. The molecule has 35 heavy (non-hydrogen) atoms. The quantitative estimate of drug-likeness (QED) is 0.431. The van der Waals surface area contributed by atoms with Crippen LogP contribution in [0.15, 0.2) is 48.5 Å². The highest BCUT2D eigenvalue weighted by molar-refractivity contribution is 5.89. The summed E-state index contributed by atoms with van der Waals surface area (Å²) in [5.41, 5.74) is 0.0367. The molecule has 1 atom stereocenters. The Morgan fingerprint density at radius 3 is 2.49 bits per heavy atom. The average molecular weight is 495 g/mol. The first-order valence-corrected chi connectivity index (χ1v) is 11.4. The van der Waals surface area contributed by atoms with Crippen molar-refractivity contribution in [1.29, 1.82) is 0 Å². The van der Waals surface area contributed by atoms with E-state index in [4.69, 9.17) is 9.47 Å². The van der Waals surface area contributed by atoms with Crippen molar-refractivity contribution >= 4 is 17.7 Å². The number of carbonyl (C=O) groups excluding carboxylic acids is 1. The van der Waals surface area contributed by atoms with Crippen molar-refractivity contribution in [2.45, 2.75) is 38.5 Å². The molecule has 0 aromatic heterocycles. The number of halogens is 3. The van der Waals surface area contributed by atoms with Gasteiger partial charge in [0.2, 0.25) is 0 Å². The summed E-state index contributed by atoms with van der Waals surface area (Å²) >= 11 is 0. The Kier molecular flexibility index (Phi) is 8.97. The van der Waals surface area contributed by atoms with Crippen LogP contribution in [0, 0.1) is 5.92 Å². The Labute approximate surface area is 201 Å². The number of carboxylic acid groups (broad SMARTS) is 1. The number of ether oxygens (including phenoxy) is 2. The van der Waals surface area contributed by atoms with Crippen molar-refractivity contribution in [2.24, 2.45) is 5.92 Å². The summed E-state index contributed by atoms with van der Waals surface area (Å²) in [6.07, 6.45) is -3.16. The minimum atomic E-state index is -4.49. The van der Waals surface area contributed by atoms with Gasteiger partial charge in [-0.25, -0.2) is 9.59 Å². The van der Waals surface area contributed by atoms with Crippen LogP contribution in [0.3, 0.4) is 0 Å². The van der Waals surface area contributed by atoms with Gasteiger partial charge in [0.25, 0.3) is 0 Å². The number of nitrogens with zero attached hydrogens (tertiary/aromatic N) is 1. The van der Waals surface area contributed by atoms with Crippen LogP contribution in [0.1, 0.15) is 30.9 Å².